The number of anilines is 1. The molecule has 30 heavy (non-hydrogen) atoms. The van der Waals surface area contributed by atoms with E-state index in [0.29, 0.717) is 12.2 Å². The molecule has 4 nitrogen and oxygen atoms in total. The third kappa shape index (κ3) is 5.40. The van der Waals surface area contributed by atoms with Gasteiger partial charge < -0.3 is 9.64 Å². The molecule has 0 aliphatic carbocycles. The Labute approximate surface area is 178 Å². The van der Waals surface area contributed by atoms with Crippen molar-refractivity contribution >= 4 is 5.69 Å². The molecule has 1 heterocycles. The van der Waals surface area contributed by atoms with Crippen LogP contribution in [0.4, 0.5) is 5.69 Å². The molecule has 1 fully saturated rings. The maximum atomic E-state index is 8.84. The van der Waals surface area contributed by atoms with Crippen LogP contribution in [-0.2, 0) is 13.0 Å². The normalized spacial score (nSPS) is 14.3. The molecule has 152 valence electrons. The van der Waals surface area contributed by atoms with Crippen LogP contribution in [0.3, 0.4) is 0 Å². The smallest absolute Gasteiger partial charge is 0.119 e. The number of nitriles is 1. The Balaban J connectivity index is 1.21. The second-order valence-electron chi connectivity index (χ2n) is 7.65. The Morgan fingerprint density at radius 1 is 0.767 bits per heavy atom. The SMILES string of the molecule is N#Cc1ccc(OCCc2ccc(CN3CCN(c4ccccc4)CC3)cc2)cc1. The molecule has 1 aliphatic rings. The fourth-order valence-electron chi connectivity index (χ4n) is 3.78. The first-order valence-electron chi connectivity index (χ1n) is 10.5. The fraction of sp³-hybridized carbons (Fsp3) is 0.269. The minimum atomic E-state index is 0.632. The van der Waals surface area contributed by atoms with Gasteiger partial charge in [0.05, 0.1) is 18.2 Å². The summed E-state index contributed by atoms with van der Waals surface area (Å²) in [5, 5.41) is 8.84. The third-order valence-electron chi connectivity index (χ3n) is 5.57. The second-order valence-corrected chi connectivity index (χ2v) is 7.65. The van der Waals surface area contributed by atoms with Crippen LogP contribution in [-0.4, -0.2) is 37.7 Å². The lowest BCUT2D eigenvalue weighted by Gasteiger charge is -2.36. The van der Waals surface area contributed by atoms with Crippen LogP contribution < -0.4 is 9.64 Å². The molecule has 0 bridgehead atoms. The molecular weight excluding hydrogens is 370 g/mol. The molecule has 0 atom stereocenters. The summed E-state index contributed by atoms with van der Waals surface area (Å²) in [7, 11) is 0. The van der Waals surface area contributed by atoms with Gasteiger partial charge in [0.1, 0.15) is 5.75 Å². The van der Waals surface area contributed by atoms with Gasteiger partial charge in [-0.15, -0.1) is 0 Å². The maximum Gasteiger partial charge on any atom is 0.119 e. The number of piperazine rings is 1. The summed E-state index contributed by atoms with van der Waals surface area (Å²) in [4.78, 5) is 5.00. The highest BCUT2D eigenvalue weighted by Gasteiger charge is 2.17. The molecule has 0 aromatic heterocycles. The van der Waals surface area contributed by atoms with Crippen molar-refractivity contribution in [1.82, 2.24) is 4.90 Å². The van der Waals surface area contributed by atoms with Crippen molar-refractivity contribution in [3.05, 3.63) is 95.6 Å². The van der Waals surface area contributed by atoms with Crippen LogP contribution in [0.1, 0.15) is 16.7 Å². The van der Waals surface area contributed by atoms with Gasteiger partial charge in [-0.1, -0.05) is 42.5 Å². The van der Waals surface area contributed by atoms with E-state index >= 15 is 0 Å². The summed E-state index contributed by atoms with van der Waals surface area (Å²) in [5.41, 5.74) is 4.62. The van der Waals surface area contributed by atoms with Gasteiger partial charge >= 0.3 is 0 Å². The highest BCUT2D eigenvalue weighted by molar-refractivity contribution is 5.46. The molecule has 4 rings (SSSR count). The van der Waals surface area contributed by atoms with E-state index in [-0.39, 0.29) is 0 Å². The highest BCUT2D eigenvalue weighted by Crippen LogP contribution is 2.17. The molecular formula is C26H27N3O. The molecule has 3 aromatic rings. The van der Waals surface area contributed by atoms with E-state index in [0.717, 1.165) is 44.9 Å². The second kappa shape index (κ2) is 9.96. The zero-order chi connectivity index (χ0) is 20.6. The number of benzene rings is 3. The van der Waals surface area contributed by atoms with E-state index in [1.807, 2.05) is 12.1 Å². The topological polar surface area (TPSA) is 39.5 Å². The molecule has 1 saturated heterocycles. The van der Waals surface area contributed by atoms with Crippen LogP contribution in [0.15, 0.2) is 78.9 Å². The van der Waals surface area contributed by atoms with Gasteiger partial charge in [-0.3, -0.25) is 4.90 Å². The minimum Gasteiger partial charge on any atom is -0.493 e. The highest BCUT2D eigenvalue weighted by atomic mass is 16.5. The maximum absolute atomic E-state index is 8.84. The predicted molar refractivity (Wildman–Crippen MR) is 121 cm³/mol. The number of rotatable bonds is 7. The van der Waals surface area contributed by atoms with Crippen molar-refractivity contribution in [2.24, 2.45) is 0 Å². The van der Waals surface area contributed by atoms with Crippen LogP contribution in [0, 0.1) is 11.3 Å². The van der Waals surface area contributed by atoms with E-state index < -0.39 is 0 Å². The van der Waals surface area contributed by atoms with Crippen molar-refractivity contribution in [1.29, 1.82) is 5.26 Å². The largest absolute Gasteiger partial charge is 0.493 e. The number of para-hydroxylation sites is 1. The summed E-state index contributed by atoms with van der Waals surface area (Å²) in [5.74, 6) is 0.806. The van der Waals surface area contributed by atoms with E-state index in [1.165, 1.54) is 16.8 Å². The van der Waals surface area contributed by atoms with E-state index in [2.05, 4.69) is 70.5 Å². The lowest BCUT2D eigenvalue weighted by molar-refractivity contribution is 0.250. The first-order chi connectivity index (χ1) is 14.8. The molecule has 0 N–H and O–H groups in total. The average Bonchev–Trinajstić information content (AvgIpc) is 2.82. The first kappa shape index (κ1) is 20.0. The monoisotopic (exact) mass is 397 g/mol. The molecule has 4 heteroatoms. The number of hydrogen-bond acceptors (Lipinski definition) is 4. The average molecular weight is 398 g/mol. The van der Waals surface area contributed by atoms with Crippen molar-refractivity contribution in [3.63, 3.8) is 0 Å². The van der Waals surface area contributed by atoms with Crippen LogP contribution in [0.2, 0.25) is 0 Å². The molecule has 0 radical (unpaired) electrons. The fourth-order valence-corrected chi connectivity index (χ4v) is 3.78. The van der Waals surface area contributed by atoms with Crippen LogP contribution >= 0.6 is 0 Å². The summed E-state index contributed by atoms with van der Waals surface area (Å²) < 4.78 is 5.79. The first-order valence-corrected chi connectivity index (χ1v) is 10.5. The standard InChI is InChI=1S/C26H27N3O/c27-20-23-10-12-26(13-11-23)30-19-14-22-6-8-24(9-7-22)21-28-15-17-29(18-16-28)25-4-2-1-3-5-25/h1-13H,14-19,21H2. The van der Waals surface area contributed by atoms with Gasteiger partial charge in [-0.25, -0.2) is 0 Å². The van der Waals surface area contributed by atoms with Crippen LogP contribution in [0.5, 0.6) is 5.75 Å². The van der Waals surface area contributed by atoms with Gasteiger partial charge in [0.2, 0.25) is 0 Å². The quantitative estimate of drug-likeness (QED) is 0.588. The van der Waals surface area contributed by atoms with Crippen molar-refractivity contribution < 1.29 is 4.74 Å². The number of ether oxygens (including phenoxy) is 1. The Morgan fingerprint density at radius 3 is 2.10 bits per heavy atom. The van der Waals surface area contributed by atoms with Crippen LogP contribution in [0.25, 0.3) is 0 Å². The minimum absolute atomic E-state index is 0.632. The van der Waals surface area contributed by atoms with Gasteiger partial charge in [-0.2, -0.15) is 5.26 Å². The van der Waals surface area contributed by atoms with Crippen molar-refractivity contribution in [2.75, 3.05) is 37.7 Å². The van der Waals surface area contributed by atoms with Crippen molar-refractivity contribution in [2.45, 2.75) is 13.0 Å². The van der Waals surface area contributed by atoms with E-state index in [1.54, 1.807) is 12.1 Å². The Morgan fingerprint density at radius 2 is 1.43 bits per heavy atom. The summed E-state index contributed by atoms with van der Waals surface area (Å²) in [6.45, 7) is 5.98. The summed E-state index contributed by atoms with van der Waals surface area (Å²) in [6, 6.07) is 28.9. The Hall–Kier alpha value is -3.29. The lowest BCUT2D eigenvalue weighted by Crippen LogP contribution is -2.45. The van der Waals surface area contributed by atoms with E-state index in [9.17, 15) is 0 Å². The Kier molecular flexibility index (Phi) is 6.64. The molecule has 0 spiro atoms. The lowest BCUT2D eigenvalue weighted by atomic mass is 10.1. The number of nitrogens with zero attached hydrogens (tertiary/aromatic N) is 3. The molecule has 1 aliphatic heterocycles. The van der Waals surface area contributed by atoms with Gasteiger partial charge in [0.15, 0.2) is 0 Å². The zero-order valence-electron chi connectivity index (χ0n) is 17.2. The molecule has 3 aromatic carbocycles. The van der Waals surface area contributed by atoms with Gasteiger partial charge in [-0.05, 0) is 47.5 Å². The van der Waals surface area contributed by atoms with Gasteiger partial charge in [0.25, 0.3) is 0 Å². The van der Waals surface area contributed by atoms with E-state index in [4.69, 9.17) is 10.00 Å². The number of hydrogen-bond donors (Lipinski definition) is 0. The molecule has 0 amide bonds. The van der Waals surface area contributed by atoms with Gasteiger partial charge in [0, 0.05) is 44.8 Å². The molecule has 0 unspecified atom stereocenters. The molecule has 0 saturated carbocycles. The summed E-state index contributed by atoms with van der Waals surface area (Å²) >= 11 is 0. The van der Waals surface area contributed by atoms with Crippen molar-refractivity contribution in [3.8, 4) is 11.8 Å². The third-order valence-corrected chi connectivity index (χ3v) is 5.57. The Bertz CT molecular complexity index is 954. The summed E-state index contributed by atoms with van der Waals surface area (Å²) in [6.07, 6.45) is 0.871. The zero-order valence-corrected chi connectivity index (χ0v) is 17.2. The predicted octanol–water partition coefficient (Wildman–Crippen LogP) is 4.50.